The largest absolute Gasteiger partial charge is 0.469 e. The van der Waals surface area contributed by atoms with Gasteiger partial charge >= 0.3 is 5.97 Å². The van der Waals surface area contributed by atoms with Crippen LogP contribution in [-0.4, -0.2) is 63.7 Å². The SMILES string of the molecule is CN=C(NCC(C)C(=O)OC)N1CCN(c2cccc(C)c2C)CC1. The number of piperazine rings is 1. The molecule has 1 fully saturated rings. The first-order valence-corrected chi connectivity index (χ1v) is 8.82. The number of carbonyl (C=O) groups is 1. The van der Waals surface area contributed by atoms with Crippen molar-refractivity contribution in [2.24, 2.45) is 10.9 Å². The maximum Gasteiger partial charge on any atom is 0.310 e. The molecule has 1 saturated heterocycles. The highest BCUT2D eigenvalue weighted by molar-refractivity contribution is 5.81. The maximum atomic E-state index is 11.5. The zero-order chi connectivity index (χ0) is 18.4. The van der Waals surface area contributed by atoms with Crippen molar-refractivity contribution in [2.75, 3.05) is 51.8 Å². The van der Waals surface area contributed by atoms with Crippen molar-refractivity contribution in [1.82, 2.24) is 10.2 Å². The van der Waals surface area contributed by atoms with Gasteiger partial charge in [0.05, 0.1) is 13.0 Å². The van der Waals surface area contributed by atoms with Gasteiger partial charge in [0.2, 0.25) is 0 Å². The Morgan fingerprint density at radius 3 is 2.56 bits per heavy atom. The van der Waals surface area contributed by atoms with E-state index in [1.807, 2.05) is 6.92 Å². The molecule has 0 radical (unpaired) electrons. The lowest BCUT2D eigenvalue weighted by Gasteiger charge is -2.38. The van der Waals surface area contributed by atoms with Crippen LogP contribution in [0.4, 0.5) is 5.69 Å². The fourth-order valence-corrected chi connectivity index (χ4v) is 3.10. The number of aliphatic imine (C=N–C) groups is 1. The molecule has 6 heteroatoms. The molecule has 0 spiro atoms. The van der Waals surface area contributed by atoms with Crippen molar-refractivity contribution in [2.45, 2.75) is 20.8 Å². The number of hydrogen-bond acceptors (Lipinski definition) is 4. The summed E-state index contributed by atoms with van der Waals surface area (Å²) in [5, 5.41) is 3.29. The molecule has 25 heavy (non-hydrogen) atoms. The number of benzene rings is 1. The second kappa shape index (κ2) is 8.74. The van der Waals surface area contributed by atoms with E-state index in [0.717, 1.165) is 32.1 Å². The van der Waals surface area contributed by atoms with Crippen LogP contribution in [0.2, 0.25) is 0 Å². The van der Waals surface area contributed by atoms with E-state index in [1.54, 1.807) is 7.05 Å². The summed E-state index contributed by atoms with van der Waals surface area (Å²) in [6, 6.07) is 6.48. The molecule has 1 unspecified atom stereocenters. The number of hydrogen-bond donors (Lipinski definition) is 1. The lowest BCUT2D eigenvalue weighted by atomic mass is 10.1. The maximum absolute atomic E-state index is 11.5. The molecule has 0 aromatic heterocycles. The van der Waals surface area contributed by atoms with Gasteiger partial charge in [0.1, 0.15) is 0 Å². The molecule has 0 bridgehead atoms. The van der Waals surface area contributed by atoms with Gasteiger partial charge in [0, 0.05) is 45.5 Å². The molecule has 1 aromatic carbocycles. The highest BCUT2D eigenvalue weighted by atomic mass is 16.5. The fraction of sp³-hybridized carbons (Fsp3) is 0.579. The quantitative estimate of drug-likeness (QED) is 0.512. The summed E-state index contributed by atoms with van der Waals surface area (Å²) in [6.45, 7) is 10.4. The topological polar surface area (TPSA) is 57.2 Å². The third-order valence-corrected chi connectivity index (χ3v) is 4.88. The first-order valence-electron chi connectivity index (χ1n) is 8.82. The summed E-state index contributed by atoms with van der Waals surface area (Å²) in [4.78, 5) is 20.6. The van der Waals surface area contributed by atoms with Crippen LogP contribution in [0.25, 0.3) is 0 Å². The third-order valence-electron chi connectivity index (χ3n) is 4.88. The van der Waals surface area contributed by atoms with Crippen molar-refractivity contribution in [3.8, 4) is 0 Å². The van der Waals surface area contributed by atoms with Crippen LogP contribution in [0.3, 0.4) is 0 Å². The van der Waals surface area contributed by atoms with Gasteiger partial charge in [-0.05, 0) is 31.0 Å². The van der Waals surface area contributed by atoms with E-state index < -0.39 is 0 Å². The minimum atomic E-state index is -0.206. The smallest absolute Gasteiger partial charge is 0.310 e. The minimum absolute atomic E-state index is 0.196. The summed E-state index contributed by atoms with van der Waals surface area (Å²) in [5.74, 6) is 0.442. The number of nitrogens with one attached hydrogen (secondary N) is 1. The van der Waals surface area contributed by atoms with E-state index in [2.05, 4.69) is 52.2 Å². The summed E-state index contributed by atoms with van der Waals surface area (Å²) >= 11 is 0. The Bertz CT molecular complexity index is 622. The molecule has 1 aliphatic rings. The molecule has 6 nitrogen and oxygen atoms in total. The number of ether oxygens (including phenoxy) is 1. The first kappa shape index (κ1) is 19.1. The Balaban J connectivity index is 1.91. The van der Waals surface area contributed by atoms with E-state index in [9.17, 15) is 4.79 Å². The first-order chi connectivity index (χ1) is 12.0. The molecule has 0 amide bonds. The Morgan fingerprint density at radius 1 is 1.28 bits per heavy atom. The average molecular weight is 346 g/mol. The Kier molecular flexibility index (Phi) is 6.67. The van der Waals surface area contributed by atoms with E-state index in [4.69, 9.17) is 4.74 Å². The van der Waals surface area contributed by atoms with Crippen LogP contribution in [0.5, 0.6) is 0 Å². The molecule has 0 saturated carbocycles. The number of anilines is 1. The monoisotopic (exact) mass is 346 g/mol. The van der Waals surface area contributed by atoms with Crippen molar-refractivity contribution in [3.05, 3.63) is 29.3 Å². The standard InChI is InChI=1S/C19H30N4O2/c1-14-7-6-8-17(16(14)3)22-9-11-23(12-10-22)19(20-4)21-13-15(2)18(24)25-5/h6-8,15H,9-13H2,1-5H3,(H,20,21). The van der Waals surface area contributed by atoms with E-state index in [0.29, 0.717) is 6.54 Å². The van der Waals surface area contributed by atoms with Gasteiger partial charge in [-0.25, -0.2) is 0 Å². The van der Waals surface area contributed by atoms with Crippen molar-refractivity contribution < 1.29 is 9.53 Å². The summed E-state index contributed by atoms with van der Waals surface area (Å²) in [6.07, 6.45) is 0. The molecule has 0 aliphatic carbocycles. The van der Waals surface area contributed by atoms with E-state index in [-0.39, 0.29) is 11.9 Å². The van der Waals surface area contributed by atoms with Crippen LogP contribution in [0, 0.1) is 19.8 Å². The van der Waals surface area contributed by atoms with Gasteiger partial charge in [0.25, 0.3) is 0 Å². The number of carbonyl (C=O) groups excluding carboxylic acids is 1. The number of esters is 1. The Hall–Kier alpha value is -2.24. The Labute approximate surface area is 150 Å². The normalized spacial score (nSPS) is 16.6. The predicted octanol–water partition coefficient (Wildman–Crippen LogP) is 1.81. The number of rotatable bonds is 4. The molecule has 1 aromatic rings. The van der Waals surface area contributed by atoms with Crippen LogP contribution in [-0.2, 0) is 9.53 Å². The molecule has 2 rings (SSSR count). The van der Waals surface area contributed by atoms with Crippen molar-refractivity contribution >= 4 is 17.6 Å². The molecule has 1 aliphatic heterocycles. The van der Waals surface area contributed by atoms with Gasteiger partial charge in [-0.3, -0.25) is 9.79 Å². The van der Waals surface area contributed by atoms with E-state index >= 15 is 0 Å². The number of nitrogens with zero attached hydrogens (tertiary/aromatic N) is 3. The summed E-state index contributed by atoms with van der Waals surface area (Å²) < 4.78 is 4.77. The molecule has 1 atom stereocenters. The number of aryl methyl sites for hydroxylation is 1. The summed E-state index contributed by atoms with van der Waals surface area (Å²) in [5.41, 5.74) is 4.00. The van der Waals surface area contributed by atoms with Gasteiger partial charge in [0.15, 0.2) is 5.96 Å². The molecule has 1 heterocycles. The lowest BCUT2D eigenvalue weighted by molar-refractivity contribution is -0.144. The van der Waals surface area contributed by atoms with Gasteiger partial charge in [-0.15, -0.1) is 0 Å². The number of methoxy groups -OCH3 is 1. The van der Waals surface area contributed by atoms with E-state index in [1.165, 1.54) is 23.9 Å². The highest BCUT2D eigenvalue weighted by Gasteiger charge is 2.22. The molecular weight excluding hydrogens is 316 g/mol. The van der Waals surface area contributed by atoms with Crippen LogP contribution < -0.4 is 10.2 Å². The third kappa shape index (κ3) is 4.65. The second-order valence-corrected chi connectivity index (χ2v) is 6.55. The fourth-order valence-electron chi connectivity index (χ4n) is 3.10. The van der Waals surface area contributed by atoms with Gasteiger partial charge in [-0.1, -0.05) is 19.1 Å². The van der Waals surface area contributed by atoms with Crippen molar-refractivity contribution in [3.63, 3.8) is 0 Å². The minimum Gasteiger partial charge on any atom is -0.469 e. The number of guanidine groups is 1. The lowest BCUT2D eigenvalue weighted by Crippen LogP contribution is -2.53. The zero-order valence-electron chi connectivity index (χ0n) is 16.0. The van der Waals surface area contributed by atoms with Crippen LogP contribution in [0.15, 0.2) is 23.2 Å². The van der Waals surface area contributed by atoms with Crippen molar-refractivity contribution in [1.29, 1.82) is 0 Å². The molecule has 138 valence electrons. The Morgan fingerprint density at radius 2 is 1.96 bits per heavy atom. The van der Waals surface area contributed by atoms with Gasteiger partial charge in [-0.2, -0.15) is 0 Å². The second-order valence-electron chi connectivity index (χ2n) is 6.55. The average Bonchev–Trinajstić information content (AvgIpc) is 2.64. The highest BCUT2D eigenvalue weighted by Crippen LogP contribution is 2.23. The summed E-state index contributed by atoms with van der Waals surface area (Å²) in [7, 11) is 3.20. The molecule has 1 N–H and O–H groups in total. The molecular formula is C19H30N4O2. The zero-order valence-corrected chi connectivity index (χ0v) is 16.0. The van der Waals surface area contributed by atoms with Crippen LogP contribution >= 0.6 is 0 Å². The van der Waals surface area contributed by atoms with Crippen LogP contribution in [0.1, 0.15) is 18.1 Å². The predicted molar refractivity (Wildman–Crippen MR) is 102 cm³/mol. The van der Waals surface area contributed by atoms with Gasteiger partial charge < -0.3 is 19.9 Å².